The van der Waals surface area contributed by atoms with Gasteiger partial charge < -0.3 is 4.90 Å². The van der Waals surface area contributed by atoms with E-state index in [1.807, 2.05) is 23.2 Å². The Bertz CT molecular complexity index is 801. The Kier molecular flexibility index (Phi) is 3.10. The van der Waals surface area contributed by atoms with Gasteiger partial charge in [-0.25, -0.2) is 9.67 Å². The van der Waals surface area contributed by atoms with Crippen LogP contribution in [0.5, 0.6) is 0 Å². The maximum atomic E-state index is 12.6. The van der Waals surface area contributed by atoms with E-state index in [0.29, 0.717) is 11.3 Å². The van der Waals surface area contributed by atoms with E-state index in [1.54, 1.807) is 27.7 Å². The minimum Gasteiger partial charge on any atom is -0.337 e. The lowest BCUT2D eigenvalue weighted by Gasteiger charge is -2.25. The number of aromatic nitrogens is 5. The van der Waals surface area contributed by atoms with Crippen molar-refractivity contribution >= 4 is 11.6 Å². The molecule has 112 valence electrons. The van der Waals surface area contributed by atoms with E-state index >= 15 is 0 Å². The number of piperidine rings is 1. The molecule has 1 fully saturated rings. The van der Waals surface area contributed by atoms with Gasteiger partial charge in [0.15, 0.2) is 17.2 Å². The van der Waals surface area contributed by atoms with Gasteiger partial charge in [0.05, 0.1) is 0 Å². The lowest BCUT2D eigenvalue weighted by atomic mass is 10.1. The molecule has 3 aromatic heterocycles. The Morgan fingerprint density at radius 1 is 1.14 bits per heavy atom. The summed E-state index contributed by atoms with van der Waals surface area (Å²) in [5.41, 5.74) is 1.09. The highest BCUT2D eigenvalue weighted by atomic mass is 16.2. The molecule has 0 spiro atoms. The third-order valence-electron chi connectivity index (χ3n) is 3.94. The van der Waals surface area contributed by atoms with Gasteiger partial charge in [-0.3, -0.25) is 4.79 Å². The molecule has 7 nitrogen and oxygen atoms in total. The van der Waals surface area contributed by atoms with Crippen molar-refractivity contribution < 1.29 is 4.79 Å². The quantitative estimate of drug-likeness (QED) is 0.719. The van der Waals surface area contributed by atoms with Crippen LogP contribution in [-0.4, -0.2) is 48.3 Å². The van der Waals surface area contributed by atoms with Crippen molar-refractivity contribution in [1.82, 2.24) is 29.3 Å². The number of amides is 1. The predicted octanol–water partition coefficient (Wildman–Crippen LogP) is 1.54. The van der Waals surface area contributed by atoms with Crippen molar-refractivity contribution in [2.24, 2.45) is 0 Å². The van der Waals surface area contributed by atoms with Crippen molar-refractivity contribution in [1.29, 1.82) is 0 Å². The summed E-state index contributed by atoms with van der Waals surface area (Å²) >= 11 is 0. The maximum Gasteiger partial charge on any atom is 0.274 e. The van der Waals surface area contributed by atoms with Crippen LogP contribution in [0.15, 0.2) is 36.8 Å². The molecule has 4 rings (SSSR count). The molecule has 0 aromatic carbocycles. The number of hydrogen-bond donors (Lipinski definition) is 0. The lowest BCUT2D eigenvalue weighted by Crippen LogP contribution is -2.35. The van der Waals surface area contributed by atoms with Crippen LogP contribution in [0.2, 0.25) is 0 Å². The highest BCUT2D eigenvalue weighted by Crippen LogP contribution is 2.15. The zero-order chi connectivity index (χ0) is 14.9. The number of carbonyl (C=O) groups excluding carboxylic acids is 1. The molecular weight excluding hydrogens is 280 g/mol. The summed E-state index contributed by atoms with van der Waals surface area (Å²) in [6.07, 6.45) is 8.56. The first-order valence-corrected chi connectivity index (χ1v) is 7.47. The first-order chi connectivity index (χ1) is 10.8. The van der Waals surface area contributed by atoms with Crippen LogP contribution in [-0.2, 0) is 0 Å². The molecular formula is C15H16N6O. The van der Waals surface area contributed by atoms with E-state index in [2.05, 4.69) is 15.2 Å². The smallest absolute Gasteiger partial charge is 0.274 e. The molecule has 0 bridgehead atoms. The molecule has 1 aliphatic rings. The molecule has 0 N–H and O–H groups in total. The van der Waals surface area contributed by atoms with Crippen molar-refractivity contribution in [3.05, 3.63) is 42.5 Å². The fraction of sp³-hybridized carbons (Fsp3) is 0.333. The molecule has 1 saturated heterocycles. The van der Waals surface area contributed by atoms with Gasteiger partial charge in [0.25, 0.3) is 5.91 Å². The second-order valence-electron chi connectivity index (χ2n) is 5.41. The number of hydrogen-bond acceptors (Lipinski definition) is 4. The molecule has 1 aliphatic heterocycles. The van der Waals surface area contributed by atoms with E-state index in [9.17, 15) is 4.79 Å². The molecule has 4 heterocycles. The Morgan fingerprint density at radius 3 is 2.77 bits per heavy atom. The normalized spacial score (nSPS) is 15.4. The molecule has 7 heteroatoms. The van der Waals surface area contributed by atoms with E-state index in [1.165, 1.54) is 6.42 Å². The summed E-state index contributed by atoms with van der Waals surface area (Å²) in [6, 6.07) is 5.40. The number of fused-ring (bicyclic) bond motifs is 1. The van der Waals surface area contributed by atoms with E-state index in [4.69, 9.17) is 0 Å². The summed E-state index contributed by atoms with van der Waals surface area (Å²) in [6.45, 7) is 1.62. The summed E-state index contributed by atoms with van der Waals surface area (Å²) in [7, 11) is 0. The molecule has 0 saturated carbocycles. The van der Waals surface area contributed by atoms with Gasteiger partial charge in [-0.15, -0.1) is 0 Å². The topological polar surface area (TPSA) is 68.3 Å². The number of likely N-dealkylation sites (tertiary alicyclic amines) is 1. The van der Waals surface area contributed by atoms with Gasteiger partial charge in [-0.1, -0.05) is 0 Å². The van der Waals surface area contributed by atoms with Crippen molar-refractivity contribution in [3.63, 3.8) is 0 Å². The van der Waals surface area contributed by atoms with Crippen molar-refractivity contribution in [2.45, 2.75) is 19.3 Å². The second-order valence-corrected chi connectivity index (χ2v) is 5.41. The van der Waals surface area contributed by atoms with Gasteiger partial charge in [0.1, 0.15) is 0 Å². The van der Waals surface area contributed by atoms with Crippen LogP contribution in [0.4, 0.5) is 0 Å². The summed E-state index contributed by atoms with van der Waals surface area (Å²) < 4.78 is 3.36. The summed E-state index contributed by atoms with van der Waals surface area (Å²) in [4.78, 5) is 18.7. The maximum absolute atomic E-state index is 12.6. The molecule has 1 amide bonds. The molecule has 3 aromatic rings. The van der Waals surface area contributed by atoms with Crippen LogP contribution >= 0.6 is 0 Å². The SMILES string of the molecule is O=C(c1cc2nccc(-n3cccn3)n2n1)N1CCCCC1. The summed E-state index contributed by atoms with van der Waals surface area (Å²) in [5.74, 6) is 0.740. The largest absolute Gasteiger partial charge is 0.337 e. The second kappa shape index (κ2) is 5.25. The lowest BCUT2D eigenvalue weighted by molar-refractivity contribution is 0.0718. The molecule has 0 unspecified atom stereocenters. The Labute approximate surface area is 127 Å². The molecule has 0 radical (unpaired) electrons. The van der Waals surface area contributed by atoms with Crippen LogP contribution in [0.1, 0.15) is 29.8 Å². The van der Waals surface area contributed by atoms with Crippen LogP contribution in [0.3, 0.4) is 0 Å². The minimum atomic E-state index is -0.0170. The fourth-order valence-electron chi connectivity index (χ4n) is 2.82. The third-order valence-corrected chi connectivity index (χ3v) is 3.94. The van der Waals surface area contributed by atoms with Crippen LogP contribution in [0.25, 0.3) is 11.5 Å². The number of rotatable bonds is 2. The van der Waals surface area contributed by atoms with Gasteiger partial charge in [-0.05, 0) is 25.3 Å². The van der Waals surface area contributed by atoms with Gasteiger partial charge in [0, 0.05) is 43.8 Å². The van der Waals surface area contributed by atoms with E-state index in [-0.39, 0.29) is 5.91 Å². The van der Waals surface area contributed by atoms with Crippen molar-refractivity contribution in [2.75, 3.05) is 13.1 Å². The Morgan fingerprint density at radius 2 is 2.00 bits per heavy atom. The van der Waals surface area contributed by atoms with Crippen LogP contribution < -0.4 is 0 Å². The predicted molar refractivity (Wildman–Crippen MR) is 79.9 cm³/mol. The monoisotopic (exact) mass is 296 g/mol. The number of carbonyl (C=O) groups is 1. The van der Waals surface area contributed by atoms with Crippen LogP contribution in [0, 0.1) is 0 Å². The van der Waals surface area contributed by atoms with E-state index in [0.717, 1.165) is 31.7 Å². The Hall–Kier alpha value is -2.70. The first-order valence-electron chi connectivity index (χ1n) is 7.47. The standard InChI is InChI=1S/C15H16N6O/c22-15(19-8-2-1-3-9-19)12-11-13-16-7-5-14(21(13)18-12)20-10-4-6-17-20/h4-7,10-11H,1-3,8-9H2. The molecule has 0 aliphatic carbocycles. The third kappa shape index (κ3) is 2.14. The highest BCUT2D eigenvalue weighted by Gasteiger charge is 2.21. The molecule has 22 heavy (non-hydrogen) atoms. The average Bonchev–Trinajstić information content (AvgIpc) is 3.24. The fourth-order valence-corrected chi connectivity index (χ4v) is 2.82. The van der Waals surface area contributed by atoms with E-state index < -0.39 is 0 Å². The van der Waals surface area contributed by atoms with Crippen molar-refractivity contribution in [3.8, 4) is 5.82 Å². The molecule has 0 atom stereocenters. The van der Waals surface area contributed by atoms with Gasteiger partial charge in [0.2, 0.25) is 0 Å². The summed E-state index contributed by atoms with van der Waals surface area (Å²) in [5, 5.41) is 8.66. The zero-order valence-corrected chi connectivity index (χ0v) is 12.1. The first kappa shape index (κ1) is 13.0. The van der Waals surface area contributed by atoms with Gasteiger partial charge >= 0.3 is 0 Å². The highest BCUT2D eigenvalue weighted by molar-refractivity contribution is 5.93. The average molecular weight is 296 g/mol. The zero-order valence-electron chi connectivity index (χ0n) is 12.1. The number of nitrogens with zero attached hydrogens (tertiary/aromatic N) is 6. The minimum absolute atomic E-state index is 0.0170. The Balaban J connectivity index is 1.74. The van der Waals surface area contributed by atoms with Gasteiger partial charge in [-0.2, -0.15) is 14.7 Å².